The first kappa shape index (κ1) is 21.7. The molecule has 0 bridgehead atoms. The van der Waals surface area contributed by atoms with E-state index in [0.717, 1.165) is 16.4 Å². The SMILES string of the molecule is Cc1nc(COc2cccc(C(=O)Nc3cc(C(C)(C)C)nn3-c3ccccn3)c2)cs1. The molecule has 164 valence electrons. The normalized spacial score (nSPS) is 11.4. The largest absolute Gasteiger partial charge is 0.487 e. The van der Waals surface area contributed by atoms with Crippen LogP contribution in [0.3, 0.4) is 0 Å². The highest BCUT2D eigenvalue weighted by Crippen LogP contribution is 2.26. The van der Waals surface area contributed by atoms with Crippen LogP contribution in [0.1, 0.15) is 47.5 Å². The highest BCUT2D eigenvalue weighted by molar-refractivity contribution is 7.09. The maximum atomic E-state index is 13.0. The number of nitrogens with one attached hydrogen (secondary N) is 1. The first-order chi connectivity index (χ1) is 15.3. The number of benzene rings is 1. The van der Waals surface area contributed by atoms with Crippen LogP contribution < -0.4 is 10.1 Å². The molecule has 1 N–H and O–H groups in total. The molecule has 1 amide bonds. The van der Waals surface area contributed by atoms with Gasteiger partial charge in [0.05, 0.1) is 16.4 Å². The van der Waals surface area contributed by atoms with E-state index in [1.807, 2.05) is 42.6 Å². The van der Waals surface area contributed by atoms with Crippen LogP contribution in [0, 0.1) is 6.92 Å². The smallest absolute Gasteiger partial charge is 0.256 e. The fraction of sp³-hybridized carbons (Fsp3) is 0.250. The highest BCUT2D eigenvalue weighted by atomic mass is 32.1. The topological polar surface area (TPSA) is 81.9 Å². The monoisotopic (exact) mass is 447 g/mol. The van der Waals surface area contributed by atoms with Gasteiger partial charge in [-0.2, -0.15) is 9.78 Å². The zero-order valence-corrected chi connectivity index (χ0v) is 19.3. The van der Waals surface area contributed by atoms with E-state index in [1.54, 1.807) is 40.4 Å². The van der Waals surface area contributed by atoms with Crippen LogP contribution in [0.15, 0.2) is 60.1 Å². The molecule has 3 heterocycles. The van der Waals surface area contributed by atoms with Crippen LogP contribution in [0.5, 0.6) is 5.75 Å². The number of carbonyl (C=O) groups is 1. The molecule has 8 heteroatoms. The van der Waals surface area contributed by atoms with Crippen LogP contribution in [-0.2, 0) is 12.0 Å². The van der Waals surface area contributed by atoms with Gasteiger partial charge < -0.3 is 10.1 Å². The number of hydrogen-bond donors (Lipinski definition) is 1. The van der Waals surface area contributed by atoms with Crippen molar-refractivity contribution in [3.63, 3.8) is 0 Å². The second-order valence-corrected chi connectivity index (χ2v) is 9.46. The van der Waals surface area contributed by atoms with Crippen molar-refractivity contribution < 1.29 is 9.53 Å². The Hall–Kier alpha value is -3.52. The summed E-state index contributed by atoms with van der Waals surface area (Å²) in [6, 6.07) is 14.6. The summed E-state index contributed by atoms with van der Waals surface area (Å²) in [6.45, 7) is 8.55. The van der Waals surface area contributed by atoms with Gasteiger partial charge in [0.2, 0.25) is 0 Å². The number of nitrogens with zero attached hydrogens (tertiary/aromatic N) is 4. The maximum absolute atomic E-state index is 13.0. The molecule has 0 aliphatic carbocycles. The quantitative estimate of drug-likeness (QED) is 0.441. The molecular formula is C24H25N5O2S. The number of aromatic nitrogens is 4. The minimum absolute atomic E-state index is 0.179. The summed E-state index contributed by atoms with van der Waals surface area (Å²) in [5.74, 6) is 1.55. The number of pyridine rings is 1. The number of carbonyl (C=O) groups excluding carboxylic acids is 1. The molecule has 0 unspecified atom stereocenters. The molecule has 0 radical (unpaired) electrons. The molecule has 0 aliphatic heterocycles. The van der Waals surface area contributed by atoms with Gasteiger partial charge in [-0.1, -0.05) is 32.9 Å². The summed E-state index contributed by atoms with van der Waals surface area (Å²) in [6.07, 6.45) is 1.70. The lowest BCUT2D eigenvalue weighted by Crippen LogP contribution is -2.15. The first-order valence-corrected chi connectivity index (χ1v) is 11.1. The second-order valence-electron chi connectivity index (χ2n) is 8.39. The van der Waals surface area contributed by atoms with Gasteiger partial charge in [0.15, 0.2) is 5.82 Å². The molecule has 0 saturated heterocycles. The van der Waals surface area contributed by atoms with Crippen LogP contribution in [0.25, 0.3) is 5.82 Å². The van der Waals surface area contributed by atoms with Gasteiger partial charge >= 0.3 is 0 Å². The Kier molecular flexibility index (Phi) is 6.05. The minimum atomic E-state index is -0.252. The zero-order valence-electron chi connectivity index (χ0n) is 18.5. The number of ether oxygens (including phenoxy) is 1. The molecule has 32 heavy (non-hydrogen) atoms. The predicted molar refractivity (Wildman–Crippen MR) is 126 cm³/mol. The Morgan fingerprint density at radius 1 is 1.16 bits per heavy atom. The van der Waals surface area contributed by atoms with E-state index in [9.17, 15) is 4.79 Å². The van der Waals surface area contributed by atoms with Gasteiger partial charge in [-0.25, -0.2) is 9.97 Å². The predicted octanol–water partition coefficient (Wildman–Crippen LogP) is 5.16. The van der Waals surface area contributed by atoms with Crippen LogP contribution in [-0.4, -0.2) is 25.7 Å². The van der Waals surface area contributed by atoms with Crippen LogP contribution >= 0.6 is 11.3 Å². The average Bonchev–Trinajstić information content (AvgIpc) is 3.39. The summed E-state index contributed by atoms with van der Waals surface area (Å²) in [5.41, 5.74) is 2.04. The third kappa shape index (κ3) is 5.03. The lowest BCUT2D eigenvalue weighted by Gasteiger charge is -2.13. The molecule has 3 aromatic heterocycles. The van der Waals surface area contributed by atoms with Crippen molar-refractivity contribution in [2.75, 3.05) is 5.32 Å². The van der Waals surface area contributed by atoms with Gasteiger partial charge in [-0.05, 0) is 37.3 Å². The lowest BCUT2D eigenvalue weighted by molar-refractivity contribution is 0.102. The van der Waals surface area contributed by atoms with E-state index in [1.165, 1.54) is 0 Å². The van der Waals surface area contributed by atoms with E-state index >= 15 is 0 Å². The van der Waals surface area contributed by atoms with E-state index < -0.39 is 0 Å². The van der Waals surface area contributed by atoms with E-state index in [2.05, 4.69) is 41.2 Å². The van der Waals surface area contributed by atoms with E-state index in [4.69, 9.17) is 4.74 Å². The third-order valence-corrected chi connectivity index (χ3v) is 5.56. The van der Waals surface area contributed by atoms with Crippen molar-refractivity contribution in [2.24, 2.45) is 0 Å². The highest BCUT2D eigenvalue weighted by Gasteiger charge is 2.22. The molecule has 4 aromatic rings. The van der Waals surface area contributed by atoms with Crippen molar-refractivity contribution in [3.8, 4) is 11.6 Å². The van der Waals surface area contributed by atoms with Gasteiger partial charge in [0, 0.05) is 28.6 Å². The van der Waals surface area contributed by atoms with E-state index in [0.29, 0.717) is 29.6 Å². The Bertz CT molecular complexity index is 1220. The molecule has 0 saturated carbocycles. The third-order valence-electron chi connectivity index (χ3n) is 4.74. The number of hydrogen-bond acceptors (Lipinski definition) is 6. The number of anilines is 1. The van der Waals surface area contributed by atoms with Crippen molar-refractivity contribution in [1.29, 1.82) is 0 Å². The van der Waals surface area contributed by atoms with Gasteiger partial charge in [-0.3, -0.25) is 4.79 Å². The Morgan fingerprint density at radius 2 is 2.00 bits per heavy atom. The Balaban J connectivity index is 1.55. The summed E-state index contributed by atoms with van der Waals surface area (Å²) in [5, 5.41) is 10.6. The fourth-order valence-corrected chi connectivity index (χ4v) is 3.64. The summed E-state index contributed by atoms with van der Waals surface area (Å²) in [7, 11) is 0. The average molecular weight is 448 g/mol. The minimum Gasteiger partial charge on any atom is -0.487 e. The van der Waals surface area contributed by atoms with Crippen molar-refractivity contribution in [3.05, 3.63) is 82.1 Å². The van der Waals surface area contributed by atoms with E-state index in [-0.39, 0.29) is 11.3 Å². The van der Waals surface area contributed by atoms with Crippen molar-refractivity contribution in [2.45, 2.75) is 39.7 Å². The van der Waals surface area contributed by atoms with Gasteiger partial charge in [-0.15, -0.1) is 11.3 Å². The van der Waals surface area contributed by atoms with Crippen LogP contribution in [0.2, 0.25) is 0 Å². The standard InChI is InChI=1S/C24H25N5O2S/c1-16-26-18(15-32-16)14-31-19-9-7-8-17(12-19)23(30)27-22-13-20(24(2,3)4)28-29(22)21-10-5-6-11-25-21/h5-13,15H,14H2,1-4H3,(H,27,30). The summed E-state index contributed by atoms with van der Waals surface area (Å²) >= 11 is 1.58. The molecule has 1 aromatic carbocycles. The molecule has 0 fully saturated rings. The lowest BCUT2D eigenvalue weighted by atomic mass is 9.92. The number of amides is 1. The van der Waals surface area contributed by atoms with Crippen molar-refractivity contribution in [1.82, 2.24) is 19.7 Å². The maximum Gasteiger partial charge on any atom is 0.256 e. The van der Waals surface area contributed by atoms with Crippen molar-refractivity contribution >= 4 is 23.1 Å². The number of rotatable bonds is 6. The first-order valence-electron chi connectivity index (χ1n) is 10.3. The molecule has 4 rings (SSSR count). The summed E-state index contributed by atoms with van der Waals surface area (Å²) < 4.78 is 7.48. The molecular weight excluding hydrogens is 422 g/mol. The van der Waals surface area contributed by atoms with Crippen LogP contribution in [0.4, 0.5) is 5.82 Å². The molecule has 7 nitrogen and oxygen atoms in total. The Morgan fingerprint density at radius 3 is 2.69 bits per heavy atom. The number of aryl methyl sites for hydroxylation is 1. The molecule has 0 atom stereocenters. The number of thiazole rings is 1. The second kappa shape index (κ2) is 8.92. The van der Waals surface area contributed by atoms with Gasteiger partial charge in [0.25, 0.3) is 5.91 Å². The molecule has 0 spiro atoms. The summed E-state index contributed by atoms with van der Waals surface area (Å²) in [4.78, 5) is 21.8. The zero-order chi connectivity index (χ0) is 22.7. The van der Waals surface area contributed by atoms with Gasteiger partial charge in [0.1, 0.15) is 18.2 Å². The molecule has 0 aliphatic rings. The Labute approximate surface area is 191 Å². The fourth-order valence-electron chi connectivity index (χ4n) is 3.04.